The summed E-state index contributed by atoms with van der Waals surface area (Å²) < 4.78 is 1.10. The van der Waals surface area contributed by atoms with Crippen LogP contribution in [0.1, 0.15) is 24.6 Å². The highest BCUT2D eigenvalue weighted by atomic mass is 79.9. The van der Waals surface area contributed by atoms with E-state index < -0.39 is 0 Å². The van der Waals surface area contributed by atoms with Crippen LogP contribution in [0.2, 0.25) is 0 Å². The number of halogens is 1. The van der Waals surface area contributed by atoms with Gasteiger partial charge in [0.1, 0.15) is 0 Å². The second-order valence-corrected chi connectivity index (χ2v) is 5.14. The molecule has 0 aliphatic carbocycles. The third-order valence-electron chi connectivity index (χ3n) is 2.03. The number of nitrogens with one attached hydrogen (secondary N) is 2. The smallest absolute Gasteiger partial charge is 0.206 e. The Balaban J connectivity index is 2.43. The molecule has 0 saturated heterocycles. The molecule has 0 aromatic carbocycles. The van der Waals surface area contributed by atoms with E-state index in [0.717, 1.165) is 23.9 Å². The van der Waals surface area contributed by atoms with Crippen LogP contribution in [-0.4, -0.2) is 12.5 Å². The van der Waals surface area contributed by atoms with Crippen molar-refractivity contribution in [1.82, 2.24) is 10.7 Å². The van der Waals surface area contributed by atoms with Gasteiger partial charge in [-0.2, -0.15) is 0 Å². The number of aliphatic imine (C=N–C) groups is 1. The number of guanidine groups is 1. The molecule has 1 rings (SSSR count). The third kappa shape index (κ3) is 4.51. The molecule has 4 N–H and O–H groups in total. The lowest BCUT2D eigenvalue weighted by Crippen LogP contribution is -2.41. The van der Waals surface area contributed by atoms with Crippen molar-refractivity contribution in [2.45, 2.75) is 26.3 Å². The topological polar surface area (TPSA) is 62.4 Å². The molecular weight excluding hydrogens is 288 g/mol. The molecule has 0 spiro atoms. The highest BCUT2D eigenvalue weighted by molar-refractivity contribution is 9.10. The summed E-state index contributed by atoms with van der Waals surface area (Å²) in [4.78, 5) is 5.57. The van der Waals surface area contributed by atoms with Crippen molar-refractivity contribution in [2.75, 3.05) is 6.54 Å². The molecule has 1 aromatic heterocycles. The molecule has 0 bridgehead atoms. The van der Waals surface area contributed by atoms with Crippen molar-refractivity contribution in [3.63, 3.8) is 0 Å². The van der Waals surface area contributed by atoms with Gasteiger partial charge in [0.2, 0.25) is 5.96 Å². The summed E-state index contributed by atoms with van der Waals surface area (Å²) in [5.74, 6) is 6.03. The fourth-order valence-corrected chi connectivity index (χ4v) is 2.53. The Morgan fingerprint density at radius 1 is 1.62 bits per heavy atom. The second kappa shape index (κ2) is 7.65. The van der Waals surface area contributed by atoms with E-state index in [9.17, 15) is 0 Å². The summed E-state index contributed by atoms with van der Waals surface area (Å²) in [7, 11) is 0. The molecule has 0 amide bonds. The molecule has 1 aromatic rings. The predicted molar refractivity (Wildman–Crippen MR) is 73.4 cm³/mol. The summed E-state index contributed by atoms with van der Waals surface area (Å²) in [6.45, 7) is 3.68. The maximum Gasteiger partial charge on any atom is 0.206 e. The molecule has 0 fully saturated rings. The zero-order valence-electron chi connectivity index (χ0n) is 9.29. The van der Waals surface area contributed by atoms with Crippen molar-refractivity contribution < 1.29 is 0 Å². The number of nitrogens with zero attached hydrogens (tertiary/aromatic N) is 1. The van der Waals surface area contributed by atoms with E-state index in [0.29, 0.717) is 12.5 Å². The van der Waals surface area contributed by atoms with Crippen LogP contribution >= 0.6 is 27.3 Å². The predicted octanol–water partition coefficient (Wildman–Crippen LogP) is 2.22. The number of unbranched alkanes of at least 4 members (excludes halogenated alkanes) is 1. The minimum atomic E-state index is 0.636. The van der Waals surface area contributed by atoms with Crippen LogP contribution in [0.25, 0.3) is 0 Å². The van der Waals surface area contributed by atoms with Gasteiger partial charge in [-0.3, -0.25) is 5.43 Å². The zero-order valence-corrected chi connectivity index (χ0v) is 11.7. The number of nitrogens with two attached hydrogens (primary N) is 1. The highest BCUT2D eigenvalue weighted by Gasteiger charge is 2.00. The first-order chi connectivity index (χ1) is 7.77. The maximum absolute atomic E-state index is 5.38. The summed E-state index contributed by atoms with van der Waals surface area (Å²) in [6.07, 6.45) is 2.27. The Labute approximate surface area is 108 Å². The zero-order chi connectivity index (χ0) is 11.8. The standard InChI is InChI=1S/C10H17BrN4S/c1-2-3-5-13-10(15-12)14-7-9-8(11)4-6-16-9/h4,6H,2-3,5,7,12H2,1H3,(H2,13,14,15). The Bertz CT molecular complexity index is 337. The molecule has 0 aliphatic heterocycles. The van der Waals surface area contributed by atoms with Crippen LogP contribution in [0.5, 0.6) is 0 Å². The molecule has 90 valence electrons. The first-order valence-corrected chi connectivity index (χ1v) is 6.92. The van der Waals surface area contributed by atoms with Gasteiger partial charge in [0.05, 0.1) is 6.54 Å². The first kappa shape index (κ1) is 13.5. The SMILES string of the molecule is CCCCNC(=NCc1sccc1Br)NN. The highest BCUT2D eigenvalue weighted by Crippen LogP contribution is 2.23. The summed E-state index contributed by atoms with van der Waals surface area (Å²) in [5, 5.41) is 5.19. The van der Waals surface area contributed by atoms with Crippen LogP contribution in [-0.2, 0) is 6.54 Å². The molecule has 0 radical (unpaired) electrons. The molecular formula is C10H17BrN4S. The molecule has 4 nitrogen and oxygen atoms in total. The average Bonchev–Trinajstić information content (AvgIpc) is 2.69. The molecule has 6 heteroatoms. The molecule has 0 unspecified atom stereocenters. The van der Waals surface area contributed by atoms with Gasteiger partial charge < -0.3 is 5.32 Å². The Morgan fingerprint density at radius 2 is 2.44 bits per heavy atom. The Kier molecular flexibility index (Phi) is 6.44. The minimum Gasteiger partial charge on any atom is -0.355 e. The molecule has 1 heterocycles. The molecule has 16 heavy (non-hydrogen) atoms. The van der Waals surface area contributed by atoms with E-state index in [-0.39, 0.29) is 0 Å². The van der Waals surface area contributed by atoms with Crippen molar-refractivity contribution in [1.29, 1.82) is 0 Å². The number of hydrogen-bond donors (Lipinski definition) is 3. The number of hydrazine groups is 1. The fraction of sp³-hybridized carbons (Fsp3) is 0.500. The van der Waals surface area contributed by atoms with Crippen LogP contribution in [0, 0.1) is 0 Å². The van der Waals surface area contributed by atoms with Crippen LogP contribution in [0.15, 0.2) is 20.9 Å². The number of rotatable bonds is 5. The summed E-state index contributed by atoms with van der Waals surface area (Å²) in [6, 6.07) is 2.02. The Hall–Kier alpha value is -0.590. The molecule has 0 atom stereocenters. The summed E-state index contributed by atoms with van der Waals surface area (Å²) >= 11 is 5.15. The number of thiophene rings is 1. The molecule has 0 aliphatic rings. The quantitative estimate of drug-likeness (QED) is 0.257. The van der Waals surface area contributed by atoms with Gasteiger partial charge in [0.15, 0.2) is 0 Å². The van der Waals surface area contributed by atoms with Crippen molar-refractivity contribution in [2.24, 2.45) is 10.8 Å². The van der Waals surface area contributed by atoms with Gasteiger partial charge >= 0.3 is 0 Å². The first-order valence-electron chi connectivity index (χ1n) is 5.24. The van der Waals surface area contributed by atoms with Gasteiger partial charge in [-0.15, -0.1) is 11.3 Å². The molecule has 0 saturated carbocycles. The minimum absolute atomic E-state index is 0.636. The van der Waals surface area contributed by atoms with Gasteiger partial charge in [0, 0.05) is 15.9 Å². The monoisotopic (exact) mass is 304 g/mol. The van der Waals surface area contributed by atoms with Gasteiger partial charge in [-0.05, 0) is 33.8 Å². The van der Waals surface area contributed by atoms with E-state index in [1.165, 1.54) is 4.88 Å². The lowest BCUT2D eigenvalue weighted by molar-refractivity contribution is 0.732. The van der Waals surface area contributed by atoms with E-state index in [1.54, 1.807) is 11.3 Å². The number of hydrogen-bond acceptors (Lipinski definition) is 3. The Morgan fingerprint density at radius 3 is 3.00 bits per heavy atom. The van der Waals surface area contributed by atoms with E-state index >= 15 is 0 Å². The van der Waals surface area contributed by atoms with Gasteiger partial charge in [-0.1, -0.05) is 13.3 Å². The third-order valence-corrected chi connectivity index (χ3v) is 3.94. The van der Waals surface area contributed by atoms with Crippen molar-refractivity contribution in [3.8, 4) is 0 Å². The van der Waals surface area contributed by atoms with Gasteiger partial charge in [0.25, 0.3) is 0 Å². The fourth-order valence-electron chi connectivity index (χ4n) is 1.12. The van der Waals surface area contributed by atoms with Gasteiger partial charge in [-0.25, -0.2) is 10.8 Å². The summed E-state index contributed by atoms with van der Waals surface area (Å²) in [5.41, 5.74) is 2.57. The van der Waals surface area contributed by atoms with E-state index in [1.807, 2.05) is 11.4 Å². The van der Waals surface area contributed by atoms with Crippen LogP contribution in [0.4, 0.5) is 0 Å². The van der Waals surface area contributed by atoms with Crippen LogP contribution < -0.4 is 16.6 Å². The average molecular weight is 305 g/mol. The second-order valence-electron chi connectivity index (χ2n) is 3.28. The van der Waals surface area contributed by atoms with E-state index in [4.69, 9.17) is 5.84 Å². The van der Waals surface area contributed by atoms with Crippen LogP contribution in [0.3, 0.4) is 0 Å². The lowest BCUT2D eigenvalue weighted by atomic mass is 10.3. The largest absolute Gasteiger partial charge is 0.355 e. The normalized spacial score (nSPS) is 11.6. The van der Waals surface area contributed by atoms with E-state index in [2.05, 4.69) is 38.6 Å². The van der Waals surface area contributed by atoms with Crippen molar-refractivity contribution in [3.05, 3.63) is 20.8 Å². The van der Waals surface area contributed by atoms with Crippen molar-refractivity contribution >= 4 is 33.2 Å². The lowest BCUT2D eigenvalue weighted by Gasteiger charge is -2.07. The maximum atomic E-state index is 5.38.